The topological polar surface area (TPSA) is 150 Å². The van der Waals surface area contributed by atoms with Gasteiger partial charge in [0.25, 0.3) is 0 Å². The van der Waals surface area contributed by atoms with Gasteiger partial charge in [-0.1, -0.05) is 75.8 Å². The van der Waals surface area contributed by atoms with Gasteiger partial charge in [-0.15, -0.1) is 4.99 Å². The van der Waals surface area contributed by atoms with Gasteiger partial charge in [-0.2, -0.15) is 0 Å². The van der Waals surface area contributed by atoms with Gasteiger partial charge < -0.3 is 24.4 Å². The number of nitrogens with zero attached hydrogens (tertiary/aromatic N) is 3. The second-order valence-electron chi connectivity index (χ2n) is 9.30. The van der Waals surface area contributed by atoms with Crippen molar-refractivity contribution in [1.29, 1.82) is 0 Å². The summed E-state index contributed by atoms with van der Waals surface area (Å²) in [6.45, 7) is 1.55. The van der Waals surface area contributed by atoms with Crippen LogP contribution in [0.2, 0.25) is 0 Å². The SMILES string of the molecule is CCCCCCCCCOC(=O)N1CN(C2CC(O)C(CO)O2)C(=O)NC1=NC(=O)OCc1ccccc1. The first-order chi connectivity index (χ1) is 18.4. The number of urea groups is 1. The Morgan fingerprint density at radius 2 is 1.82 bits per heavy atom. The fourth-order valence-electron chi connectivity index (χ4n) is 4.18. The van der Waals surface area contributed by atoms with Crippen molar-refractivity contribution in [2.24, 2.45) is 4.99 Å². The lowest BCUT2D eigenvalue weighted by molar-refractivity contribution is -0.0722. The zero-order valence-electron chi connectivity index (χ0n) is 21.8. The van der Waals surface area contributed by atoms with Crippen LogP contribution in [0, 0.1) is 0 Å². The molecule has 3 N–H and O–H groups in total. The van der Waals surface area contributed by atoms with Gasteiger partial charge in [0.05, 0.1) is 19.3 Å². The molecule has 1 aromatic rings. The predicted octanol–water partition coefficient (Wildman–Crippen LogP) is 3.32. The van der Waals surface area contributed by atoms with E-state index in [0.717, 1.165) is 29.7 Å². The maximum absolute atomic E-state index is 13.0. The largest absolute Gasteiger partial charge is 0.449 e. The molecule has 4 amide bonds. The second-order valence-corrected chi connectivity index (χ2v) is 9.30. The minimum absolute atomic E-state index is 0.0322. The van der Waals surface area contributed by atoms with Gasteiger partial charge in [-0.25, -0.2) is 19.3 Å². The van der Waals surface area contributed by atoms with Crippen molar-refractivity contribution in [2.75, 3.05) is 19.9 Å². The van der Waals surface area contributed by atoms with E-state index in [-0.39, 0.29) is 32.3 Å². The highest BCUT2D eigenvalue weighted by Gasteiger charge is 2.43. The molecule has 2 saturated heterocycles. The fraction of sp³-hybridized carbons (Fsp3) is 0.615. The summed E-state index contributed by atoms with van der Waals surface area (Å²) in [6.07, 6.45) is 2.91. The molecule has 0 aromatic heterocycles. The van der Waals surface area contributed by atoms with Crippen LogP contribution in [0.15, 0.2) is 35.3 Å². The molecule has 0 aliphatic carbocycles. The first-order valence-corrected chi connectivity index (χ1v) is 13.2. The van der Waals surface area contributed by atoms with Crippen LogP contribution in [0.4, 0.5) is 14.4 Å². The van der Waals surface area contributed by atoms with E-state index in [1.807, 2.05) is 6.07 Å². The van der Waals surface area contributed by atoms with Crippen molar-refractivity contribution in [2.45, 2.75) is 83.3 Å². The van der Waals surface area contributed by atoms with Crippen molar-refractivity contribution < 1.29 is 38.8 Å². The Morgan fingerprint density at radius 3 is 2.50 bits per heavy atom. The van der Waals surface area contributed by atoms with Gasteiger partial charge in [-0.05, 0) is 12.0 Å². The summed E-state index contributed by atoms with van der Waals surface area (Å²) in [5.74, 6) is -0.328. The average Bonchev–Trinajstić information content (AvgIpc) is 3.29. The van der Waals surface area contributed by atoms with Crippen LogP contribution in [0.5, 0.6) is 0 Å². The number of aliphatic hydroxyl groups is 2. The van der Waals surface area contributed by atoms with Crippen LogP contribution in [0.3, 0.4) is 0 Å². The lowest BCUT2D eigenvalue weighted by Gasteiger charge is -2.38. The number of aliphatic hydroxyl groups excluding tert-OH is 2. The maximum Gasteiger partial charge on any atom is 0.437 e. The van der Waals surface area contributed by atoms with Crippen molar-refractivity contribution in [1.82, 2.24) is 15.1 Å². The quantitative estimate of drug-likeness (QED) is 0.346. The molecule has 3 unspecified atom stereocenters. The molecular formula is C26H38N4O8. The van der Waals surface area contributed by atoms with Gasteiger partial charge in [0, 0.05) is 6.42 Å². The molecule has 38 heavy (non-hydrogen) atoms. The number of ether oxygens (including phenoxy) is 3. The third kappa shape index (κ3) is 8.67. The van der Waals surface area contributed by atoms with Crippen LogP contribution in [-0.2, 0) is 20.8 Å². The van der Waals surface area contributed by atoms with Gasteiger partial charge in [0.15, 0.2) is 0 Å². The Bertz CT molecular complexity index is 944. The van der Waals surface area contributed by atoms with Crippen LogP contribution < -0.4 is 5.32 Å². The van der Waals surface area contributed by atoms with Crippen LogP contribution >= 0.6 is 0 Å². The number of nitrogens with one attached hydrogen (secondary N) is 1. The summed E-state index contributed by atoms with van der Waals surface area (Å²) in [5, 5.41) is 21.9. The van der Waals surface area contributed by atoms with Crippen molar-refractivity contribution in [3.63, 3.8) is 0 Å². The molecule has 3 rings (SSSR count). The van der Waals surface area contributed by atoms with Crippen molar-refractivity contribution in [3.8, 4) is 0 Å². The minimum atomic E-state index is -0.990. The fourth-order valence-corrected chi connectivity index (χ4v) is 4.18. The number of benzene rings is 1. The molecule has 2 heterocycles. The van der Waals surface area contributed by atoms with E-state index < -0.39 is 43.3 Å². The van der Waals surface area contributed by atoms with E-state index in [4.69, 9.17) is 14.2 Å². The molecule has 0 radical (unpaired) electrons. The molecular weight excluding hydrogens is 496 g/mol. The number of carbonyl (C=O) groups excluding carboxylic acids is 3. The average molecular weight is 535 g/mol. The molecule has 2 aliphatic heterocycles. The van der Waals surface area contributed by atoms with E-state index in [9.17, 15) is 24.6 Å². The molecule has 12 nitrogen and oxygen atoms in total. The Morgan fingerprint density at radius 1 is 1.11 bits per heavy atom. The molecule has 3 atom stereocenters. The summed E-state index contributed by atoms with van der Waals surface area (Å²) in [5.41, 5.74) is 0.751. The molecule has 0 bridgehead atoms. The van der Waals surface area contributed by atoms with Gasteiger partial charge in [0.1, 0.15) is 25.6 Å². The monoisotopic (exact) mass is 534 g/mol. The van der Waals surface area contributed by atoms with E-state index >= 15 is 0 Å². The molecule has 0 saturated carbocycles. The lowest BCUT2D eigenvalue weighted by atomic mass is 10.1. The Kier molecular flexibility index (Phi) is 11.8. The smallest absolute Gasteiger partial charge is 0.437 e. The zero-order chi connectivity index (χ0) is 27.3. The summed E-state index contributed by atoms with van der Waals surface area (Å²) in [6, 6.07) is 8.31. The van der Waals surface area contributed by atoms with Crippen molar-refractivity contribution in [3.05, 3.63) is 35.9 Å². The standard InChI is InChI=1S/C26H38N4O8/c1-2-3-4-5-6-7-11-14-36-26(35)30-18-29(22-15-20(32)21(16-31)38-22)24(33)27-23(30)28-25(34)37-17-19-12-9-8-10-13-19/h8-10,12-13,20-22,31-32H,2-7,11,14-18H2,1H3,(H,27,28,33,34). The number of aliphatic imine (C=N–C) groups is 1. The highest BCUT2D eigenvalue weighted by Crippen LogP contribution is 2.25. The second kappa shape index (κ2) is 15.3. The van der Waals surface area contributed by atoms with Crippen LogP contribution in [0.1, 0.15) is 63.9 Å². The van der Waals surface area contributed by atoms with E-state index in [1.54, 1.807) is 24.3 Å². The van der Waals surface area contributed by atoms with Crippen LogP contribution in [-0.4, -0.2) is 82.5 Å². The molecule has 2 aliphatic rings. The highest BCUT2D eigenvalue weighted by atomic mass is 16.6. The Balaban J connectivity index is 1.62. The first-order valence-electron chi connectivity index (χ1n) is 13.2. The van der Waals surface area contributed by atoms with E-state index in [1.165, 1.54) is 24.2 Å². The van der Waals surface area contributed by atoms with E-state index in [0.29, 0.717) is 6.42 Å². The van der Waals surface area contributed by atoms with Gasteiger partial charge in [0.2, 0.25) is 5.96 Å². The molecule has 12 heteroatoms. The number of rotatable bonds is 12. The number of amides is 4. The predicted molar refractivity (Wildman–Crippen MR) is 137 cm³/mol. The Hall–Kier alpha value is -3.22. The number of unbranched alkanes of at least 4 members (excludes halogenated alkanes) is 6. The molecule has 1 aromatic carbocycles. The summed E-state index contributed by atoms with van der Waals surface area (Å²) in [4.78, 5) is 44.1. The normalized spacial score (nSPS) is 22.4. The highest BCUT2D eigenvalue weighted by molar-refractivity contribution is 6.07. The summed E-state index contributed by atoms with van der Waals surface area (Å²) < 4.78 is 16.1. The van der Waals surface area contributed by atoms with E-state index in [2.05, 4.69) is 17.2 Å². The third-order valence-corrected chi connectivity index (χ3v) is 6.36. The summed E-state index contributed by atoms with van der Waals surface area (Å²) in [7, 11) is 0. The molecule has 210 valence electrons. The number of hydrogen-bond acceptors (Lipinski definition) is 8. The Labute approximate surface area is 222 Å². The summed E-state index contributed by atoms with van der Waals surface area (Å²) >= 11 is 0. The lowest BCUT2D eigenvalue weighted by Crippen LogP contribution is -2.64. The maximum atomic E-state index is 13.0. The third-order valence-electron chi connectivity index (χ3n) is 6.36. The first kappa shape index (κ1) is 29.3. The minimum Gasteiger partial charge on any atom is -0.449 e. The van der Waals surface area contributed by atoms with Crippen molar-refractivity contribution >= 4 is 24.2 Å². The van der Waals surface area contributed by atoms with Crippen LogP contribution in [0.25, 0.3) is 0 Å². The molecule has 2 fully saturated rings. The molecule has 0 spiro atoms. The number of guanidine groups is 1. The van der Waals surface area contributed by atoms with Gasteiger partial charge in [-0.3, -0.25) is 10.2 Å². The van der Waals surface area contributed by atoms with Gasteiger partial charge >= 0.3 is 18.2 Å². The zero-order valence-corrected chi connectivity index (χ0v) is 21.8. The number of hydrogen-bond donors (Lipinski definition) is 3. The number of carbonyl (C=O) groups is 3.